The molecule has 3 nitrogen and oxygen atoms in total. The molecule has 0 fully saturated rings. The zero-order valence-corrected chi connectivity index (χ0v) is 8.93. The van der Waals surface area contributed by atoms with Gasteiger partial charge < -0.3 is 10.2 Å². The summed E-state index contributed by atoms with van der Waals surface area (Å²) in [7, 11) is 0. The van der Waals surface area contributed by atoms with E-state index < -0.39 is 12.1 Å². The second-order valence-electron chi connectivity index (χ2n) is 2.68. The van der Waals surface area contributed by atoms with Gasteiger partial charge in [0.25, 0.3) is 0 Å². The molecule has 0 bridgehead atoms. The lowest BCUT2D eigenvalue weighted by molar-refractivity contribution is -0.146. The largest absolute Gasteiger partial charge is 0.479 e. The maximum atomic E-state index is 10.3. The first kappa shape index (κ1) is 10.5. The van der Waals surface area contributed by atoms with E-state index in [-0.39, 0.29) is 6.42 Å². The van der Waals surface area contributed by atoms with Crippen LogP contribution in [-0.2, 0) is 11.2 Å². The van der Waals surface area contributed by atoms with Crippen LogP contribution in [0.4, 0.5) is 0 Å². The van der Waals surface area contributed by atoms with Crippen molar-refractivity contribution < 1.29 is 15.0 Å². The molecule has 1 rings (SSSR count). The van der Waals surface area contributed by atoms with Gasteiger partial charge in [0.05, 0.1) is 0 Å². The summed E-state index contributed by atoms with van der Waals surface area (Å²) >= 11 is 2.16. The molecule has 0 heterocycles. The van der Waals surface area contributed by atoms with Crippen LogP contribution in [0, 0.1) is 3.57 Å². The fourth-order valence-electron chi connectivity index (χ4n) is 0.931. The molecule has 0 radical (unpaired) electrons. The van der Waals surface area contributed by atoms with Gasteiger partial charge in [-0.3, -0.25) is 0 Å². The summed E-state index contributed by atoms with van der Waals surface area (Å²) in [5.74, 6) is -1.18. The first-order chi connectivity index (χ1) is 6.09. The molecular formula is C9H9IO3. The third kappa shape index (κ3) is 3.31. The summed E-state index contributed by atoms with van der Waals surface area (Å²) in [6.07, 6.45) is -1.15. The van der Waals surface area contributed by atoms with Gasteiger partial charge in [0.2, 0.25) is 0 Å². The van der Waals surface area contributed by atoms with Crippen LogP contribution in [0.1, 0.15) is 5.56 Å². The average Bonchev–Trinajstić information content (AvgIpc) is 2.08. The van der Waals surface area contributed by atoms with Gasteiger partial charge >= 0.3 is 5.97 Å². The van der Waals surface area contributed by atoms with Crippen LogP contribution in [0.5, 0.6) is 0 Å². The Morgan fingerprint density at radius 1 is 1.38 bits per heavy atom. The van der Waals surface area contributed by atoms with E-state index >= 15 is 0 Å². The molecule has 4 heteroatoms. The normalized spacial score (nSPS) is 12.5. The van der Waals surface area contributed by atoms with Crippen molar-refractivity contribution in [3.63, 3.8) is 0 Å². The Kier molecular flexibility index (Phi) is 3.68. The number of aliphatic hydroxyl groups excluding tert-OH is 1. The van der Waals surface area contributed by atoms with Crippen molar-refractivity contribution in [1.82, 2.24) is 0 Å². The van der Waals surface area contributed by atoms with Crippen LogP contribution in [0.3, 0.4) is 0 Å². The van der Waals surface area contributed by atoms with Gasteiger partial charge in [0.1, 0.15) is 0 Å². The monoisotopic (exact) mass is 292 g/mol. The summed E-state index contributed by atoms with van der Waals surface area (Å²) in [6.45, 7) is 0. The minimum absolute atomic E-state index is 0.159. The molecule has 0 aliphatic rings. The number of rotatable bonds is 3. The van der Waals surface area contributed by atoms with Crippen molar-refractivity contribution in [3.8, 4) is 0 Å². The highest BCUT2D eigenvalue weighted by molar-refractivity contribution is 14.1. The fourth-order valence-corrected chi connectivity index (χ4v) is 1.29. The topological polar surface area (TPSA) is 57.5 Å². The van der Waals surface area contributed by atoms with E-state index in [0.717, 1.165) is 9.13 Å². The van der Waals surface area contributed by atoms with Crippen molar-refractivity contribution in [2.75, 3.05) is 0 Å². The zero-order chi connectivity index (χ0) is 9.84. The minimum Gasteiger partial charge on any atom is -0.479 e. The molecule has 2 N–H and O–H groups in total. The Morgan fingerprint density at radius 3 is 2.38 bits per heavy atom. The molecule has 1 unspecified atom stereocenters. The molecule has 0 aromatic heterocycles. The first-order valence-electron chi connectivity index (χ1n) is 3.75. The Balaban J connectivity index is 2.64. The number of carboxylic acid groups (broad SMARTS) is 1. The molecule has 1 atom stereocenters. The number of carbonyl (C=O) groups is 1. The number of aliphatic hydroxyl groups is 1. The molecule has 0 aliphatic heterocycles. The summed E-state index contributed by atoms with van der Waals surface area (Å²) in [6, 6.07) is 7.39. The second kappa shape index (κ2) is 4.57. The molecule has 0 aliphatic carbocycles. The van der Waals surface area contributed by atoms with E-state index in [1.165, 1.54) is 0 Å². The van der Waals surface area contributed by atoms with E-state index in [0.29, 0.717) is 0 Å². The average molecular weight is 292 g/mol. The SMILES string of the molecule is O=C(O)C(O)Cc1ccc(I)cc1. The number of halogens is 1. The second-order valence-corrected chi connectivity index (χ2v) is 3.93. The predicted octanol–water partition coefficient (Wildman–Crippen LogP) is 1.28. The number of hydrogen-bond donors (Lipinski definition) is 2. The number of hydrogen-bond acceptors (Lipinski definition) is 2. The summed E-state index contributed by atoms with van der Waals surface area (Å²) in [5.41, 5.74) is 0.829. The van der Waals surface area contributed by atoms with Gasteiger partial charge in [-0.05, 0) is 40.3 Å². The van der Waals surface area contributed by atoms with Gasteiger partial charge in [-0.15, -0.1) is 0 Å². The highest BCUT2D eigenvalue weighted by Crippen LogP contribution is 2.08. The van der Waals surface area contributed by atoms with Crippen LogP contribution in [0.15, 0.2) is 24.3 Å². The van der Waals surface area contributed by atoms with Gasteiger partial charge in [0.15, 0.2) is 6.10 Å². The van der Waals surface area contributed by atoms with Crippen molar-refractivity contribution in [2.24, 2.45) is 0 Å². The lowest BCUT2D eigenvalue weighted by atomic mass is 10.1. The van der Waals surface area contributed by atoms with Crippen LogP contribution in [-0.4, -0.2) is 22.3 Å². The molecule has 0 spiro atoms. The van der Waals surface area contributed by atoms with Crippen molar-refractivity contribution in [3.05, 3.63) is 33.4 Å². The van der Waals surface area contributed by atoms with Crippen LogP contribution in [0.25, 0.3) is 0 Å². The van der Waals surface area contributed by atoms with Crippen molar-refractivity contribution >= 4 is 28.6 Å². The van der Waals surface area contributed by atoms with E-state index in [4.69, 9.17) is 10.2 Å². The standard InChI is InChI=1S/C9H9IO3/c10-7-3-1-6(2-4-7)5-8(11)9(12)13/h1-4,8,11H,5H2,(H,12,13). The van der Waals surface area contributed by atoms with Gasteiger partial charge in [-0.1, -0.05) is 12.1 Å². The van der Waals surface area contributed by atoms with E-state index in [2.05, 4.69) is 22.6 Å². The highest BCUT2D eigenvalue weighted by Gasteiger charge is 2.12. The molecule has 1 aromatic carbocycles. The van der Waals surface area contributed by atoms with Crippen LogP contribution < -0.4 is 0 Å². The number of aliphatic carboxylic acids is 1. The lowest BCUT2D eigenvalue weighted by Gasteiger charge is -2.04. The van der Waals surface area contributed by atoms with E-state index in [1.54, 1.807) is 0 Å². The summed E-state index contributed by atoms with van der Waals surface area (Å²) in [5, 5.41) is 17.5. The maximum absolute atomic E-state index is 10.3. The minimum atomic E-state index is -1.31. The number of benzene rings is 1. The predicted molar refractivity (Wildman–Crippen MR) is 56.5 cm³/mol. The highest BCUT2D eigenvalue weighted by atomic mass is 127. The van der Waals surface area contributed by atoms with Gasteiger partial charge in [-0.2, -0.15) is 0 Å². The van der Waals surface area contributed by atoms with Gasteiger partial charge in [-0.25, -0.2) is 4.79 Å². The number of carboxylic acids is 1. The molecule has 70 valence electrons. The Morgan fingerprint density at radius 2 is 1.92 bits per heavy atom. The van der Waals surface area contributed by atoms with E-state index in [9.17, 15) is 4.79 Å². The van der Waals surface area contributed by atoms with E-state index in [1.807, 2.05) is 24.3 Å². The van der Waals surface area contributed by atoms with Crippen molar-refractivity contribution in [2.45, 2.75) is 12.5 Å². The molecule has 1 aromatic rings. The Labute approximate surface area is 89.5 Å². The third-order valence-corrected chi connectivity index (χ3v) is 2.35. The van der Waals surface area contributed by atoms with Gasteiger partial charge in [0, 0.05) is 9.99 Å². The van der Waals surface area contributed by atoms with Crippen LogP contribution in [0.2, 0.25) is 0 Å². The summed E-state index contributed by atoms with van der Waals surface area (Å²) in [4.78, 5) is 10.3. The fraction of sp³-hybridized carbons (Fsp3) is 0.222. The zero-order valence-electron chi connectivity index (χ0n) is 6.77. The Hall–Kier alpha value is -0.620. The molecule has 0 saturated heterocycles. The molecule has 13 heavy (non-hydrogen) atoms. The molecule has 0 amide bonds. The van der Waals surface area contributed by atoms with Crippen molar-refractivity contribution in [1.29, 1.82) is 0 Å². The third-order valence-electron chi connectivity index (χ3n) is 1.63. The first-order valence-corrected chi connectivity index (χ1v) is 4.83. The molecular weight excluding hydrogens is 283 g/mol. The smallest absolute Gasteiger partial charge is 0.332 e. The quantitative estimate of drug-likeness (QED) is 0.825. The summed E-state index contributed by atoms with van der Waals surface area (Å²) < 4.78 is 1.09. The van der Waals surface area contributed by atoms with Crippen LogP contribution >= 0.6 is 22.6 Å². The molecule has 0 saturated carbocycles. The Bertz CT molecular complexity index is 294. The lowest BCUT2D eigenvalue weighted by Crippen LogP contribution is -2.21. The maximum Gasteiger partial charge on any atom is 0.332 e.